The Morgan fingerprint density at radius 1 is 1.41 bits per heavy atom. The zero-order chi connectivity index (χ0) is 19.8. The molecule has 1 atom stereocenters. The number of carbonyl (C=O) groups is 1. The zero-order valence-electron chi connectivity index (χ0n) is 15.4. The Morgan fingerprint density at radius 2 is 2.15 bits per heavy atom. The maximum absolute atomic E-state index is 11.6. The first kappa shape index (κ1) is 19.4. The third-order valence-electron chi connectivity index (χ3n) is 4.65. The summed E-state index contributed by atoms with van der Waals surface area (Å²) in [6, 6.07) is 1.45. The Balaban J connectivity index is 1.98. The molecule has 7 nitrogen and oxygen atoms in total. The molecule has 0 bridgehead atoms. The smallest absolute Gasteiger partial charge is 0.407 e. The number of aliphatic hydroxyl groups is 1. The van der Waals surface area contributed by atoms with Gasteiger partial charge < -0.3 is 19.5 Å². The number of halogens is 1. The number of nitrogens with zero attached hydrogens (tertiary/aromatic N) is 3. The number of oxazole rings is 1. The molecule has 1 unspecified atom stereocenters. The van der Waals surface area contributed by atoms with Crippen LogP contribution in [0, 0.1) is 5.41 Å². The fourth-order valence-corrected chi connectivity index (χ4v) is 3.58. The van der Waals surface area contributed by atoms with Gasteiger partial charge in [0.15, 0.2) is 12.2 Å². The largest absolute Gasteiger partial charge is 0.465 e. The van der Waals surface area contributed by atoms with E-state index in [0.29, 0.717) is 40.7 Å². The first-order chi connectivity index (χ1) is 12.7. The van der Waals surface area contributed by atoms with E-state index < -0.39 is 6.09 Å². The molecule has 0 saturated carbocycles. The minimum atomic E-state index is -0.929. The molecule has 27 heavy (non-hydrogen) atoms. The van der Waals surface area contributed by atoms with Gasteiger partial charge in [-0.2, -0.15) is 0 Å². The highest BCUT2D eigenvalue weighted by Gasteiger charge is 2.35. The van der Waals surface area contributed by atoms with Crippen LogP contribution in [0.1, 0.15) is 38.6 Å². The SMILES string of the molecule is CC(C)(C)C1C=C(c2ncc(-c3ocnc3CO)cc2Cl)CCN1C(=O)O. The van der Waals surface area contributed by atoms with E-state index >= 15 is 0 Å². The number of pyridine rings is 1. The van der Waals surface area contributed by atoms with Gasteiger partial charge in [-0.1, -0.05) is 38.4 Å². The van der Waals surface area contributed by atoms with Gasteiger partial charge in [0.1, 0.15) is 5.69 Å². The highest BCUT2D eigenvalue weighted by atomic mass is 35.5. The van der Waals surface area contributed by atoms with Gasteiger partial charge in [0.25, 0.3) is 0 Å². The minimum absolute atomic E-state index is 0.241. The normalized spacial score (nSPS) is 17.7. The van der Waals surface area contributed by atoms with Crippen molar-refractivity contribution < 1.29 is 19.4 Å². The van der Waals surface area contributed by atoms with Gasteiger partial charge in [0.2, 0.25) is 0 Å². The molecule has 0 aliphatic carbocycles. The summed E-state index contributed by atoms with van der Waals surface area (Å²) in [6.07, 6.45) is 4.44. The third-order valence-corrected chi connectivity index (χ3v) is 4.94. The molecule has 1 aliphatic rings. The van der Waals surface area contributed by atoms with Crippen molar-refractivity contribution in [3.63, 3.8) is 0 Å². The van der Waals surface area contributed by atoms with Crippen LogP contribution in [0.25, 0.3) is 16.9 Å². The standard InChI is InChI=1S/C19H22ClN3O4/c1-19(2,3)15-7-11(4-5-23(15)18(25)26)16-13(20)6-12(8-21-16)17-14(9-24)22-10-27-17/h6-8,10,15,24H,4-5,9H2,1-3H3,(H,25,26). The van der Waals surface area contributed by atoms with Gasteiger partial charge in [-0.25, -0.2) is 9.78 Å². The minimum Gasteiger partial charge on any atom is -0.465 e. The van der Waals surface area contributed by atoms with E-state index in [0.717, 1.165) is 5.57 Å². The lowest BCUT2D eigenvalue weighted by molar-refractivity contribution is 0.1000. The first-order valence-corrected chi connectivity index (χ1v) is 9.00. The summed E-state index contributed by atoms with van der Waals surface area (Å²) in [5, 5.41) is 19.3. The number of hydrogen-bond donors (Lipinski definition) is 2. The van der Waals surface area contributed by atoms with Gasteiger partial charge in [0, 0.05) is 18.3 Å². The monoisotopic (exact) mass is 391 g/mol. The van der Waals surface area contributed by atoms with Crippen molar-refractivity contribution in [2.45, 2.75) is 39.8 Å². The second-order valence-electron chi connectivity index (χ2n) is 7.57. The Bertz CT molecular complexity index is 885. The molecular weight excluding hydrogens is 370 g/mol. The molecule has 144 valence electrons. The van der Waals surface area contributed by atoms with E-state index in [1.54, 1.807) is 12.3 Å². The van der Waals surface area contributed by atoms with Gasteiger partial charge in [0.05, 0.1) is 23.4 Å². The molecule has 1 aliphatic heterocycles. The Kier molecular flexibility index (Phi) is 5.26. The molecule has 2 N–H and O–H groups in total. The summed E-state index contributed by atoms with van der Waals surface area (Å²) in [7, 11) is 0. The van der Waals surface area contributed by atoms with Crippen molar-refractivity contribution in [2.75, 3.05) is 6.54 Å². The van der Waals surface area contributed by atoms with E-state index in [-0.39, 0.29) is 18.1 Å². The van der Waals surface area contributed by atoms with Crippen LogP contribution in [-0.4, -0.2) is 43.8 Å². The second-order valence-corrected chi connectivity index (χ2v) is 7.98. The van der Waals surface area contributed by atoms with E-state index in [1.807, 2.05) is 26.8 Å². The summed E-state index contributed by atoms with van der Waals surface area (Å²) in [6.45, 7) is 6.16. The average Bonchev–Trinajstić information content (AvgIpc) is 3.09. The molecule has 0 radical (unpaired) electrons. The van der Waals surface area contributed by atoms with Gasteiger partial charge in [-0.3, -0.25) is 4.98 Å². The zero-order valence-corrected chi connectivity index (χ0v) is 16.2. The van der Waals surface area contributed by atoms with Crippen LogP contribution in [0.3, 0.4) is 0 Å². The molecule has 0 aromatic carbocycles. The Labute approximate surface area is 162 Å². The molecule has 2 aromatic heterocycles. The Hall–Kier alpha value is -2.38. The van der Waals surface area contributed by atoms with Crippen LogP contribution in [0.2, 0.25) is 5.02 Å². The summed E-state index contributed by atoms with van der Waals surface area (Å²) in [5.74, 6) is 0.431. The molecule has 8 heteroatoms. The van der Waals surface area contributed by atoms with Crippen molar-refractivity contribution in [1.29, 1.82) is 0 Å². The summed E-state index contributed by atoms with van der Waals surface area (Å²) in [5.41, 5.74) is 2.34. The third kappa shape index (κ3) is 3.84. The summed E-state index contributed by atoms with van der Waals surface area (Å²) < 4.78 is 5.33. The molecule has 1 amide bonds. The summed E-state index contributed by atoms with van der Waals surface area (Å²) in [4.78, 5) is 21.5. The number of rotatable bonds is 3. The van der Waals surface area contributed by atoms with Crippen LogP contribution < -0.4 is 0 Å². The van der Waals surface area contributed by atoms with E-state index in [1.165, 1.54) is 11.3 Å². The maximum atomic E-state index is 11.6. The van der Waals surface area contributed by atoms with E-state index in [4.69, 9.17) is 16.0 Å². The molecule has 3 heterocycles. The highest BCUT2D eigenvalue weighted by Crippen LogP contribution is 2.36. The number of amides is 1. The predicted molar refractivity (Wildman–Crippen MR) is 101 cm³/mol. The molecule has 0 spiro atoms. The average molecular weight is 392 g/mol. The lowest BCUT2D eigenvalue weighted by Crippen LogP contribution is -2.48. The van der Waals surface area contributed by atoms with Crippen LogP contribution in [0.4, 0.5) is 4.79 Å². The first-order valence-electron chi connectivity index (χ1n) is 8.62. The molecule has 0 fully saturated rings. The fourth-order valence-electron chi connectivity index (χ4n) is 3.29. The van der Waals surface area contributed by atoms with Crippen LogP contribution in [0.15, 0.2) is 29.2 Å². The van der Waals surface area contributed by atoms with Crippen molar-refractivity contribution in [3.05, 3.63) is 41.1 Å². The molecule has 0 saturated heterocycles. The van der Waals surface area contributed by atoms with Crippen LogP contribution in [0.5, 0.6) is 0 Å². The Morgan fingerprint density at radius 3 is 2.74 bits per heavy atom. The highest BCUT2D eigenvalue weighted by molar-refractivity contribution is 6.32. The van der Waals surface area contributed by atoms with Gasteiger partial charge in [-0.05, 0) is 23.5 Å². The topological polar surface area (TPSA) is 99.7 Å². The number of carboxylic acid groups (broad SMARTS) is 1. The predicted octanol–water partition coefficient (Wildman–Crippen LogP) is 4.06. The van der Waals surface area contributed by atoms with Crippen molar-refractivity contribution in [3.8, 4) is 11.3 Å². The fraction of sp³-hybridized carbons (Fsp3) is 0.421. The maximum Gasteiger partial charge on any atom is 0.407 e. The second kappa shape index (κ2) is 7.32. The van der Waals surface area contributed by atoms with Crippen molar-refractivity contribution in [2.24, 2.45) is 5.41 Å². The lowest BCUT2D eigenvalue weighted by Gasteiger charge is -2.40. The number of aliphatic hydroxyl groups excluding tert-OH is 1. The van der Waals surface area contributed by atoms with Crippen LogP contribution in [-0.2, 0) is 6.61 Å². The van der Waals surface area contributed by atoms with E-state index in [2.05, 4.69) is 9.97 Å². The van der Waals surface area contributed by atoms with Gasteiger partial charge in [-0.15, -0.1) is 0 Å². The number of hydrogen-bond acceptors (Lipinski definition) is 5. The van der Waals surface area contributed by atoms with Crippen molar-refractivity contribution in [1.82, 2.24) is 14.9 Å². The number of aromatic nitrogens is 2. The molecule has 3 rings (SSSR count). The summed E-state index contributed by atoms with van der Waals surface area (Å²) >= 11 is 6.48. The molecular formula is C19H22ClN3O4. The molecule has 2 aromatic rings. The van der Waals surface area contributed by atoms with E-state index in [9.17, 15) is 15.0 Å². The van der Waals surface area contributed by atoms with Crippen molar-refractivity contribution >= 4 is 23.3 Å². The lowest BCUT2D eigenvalue weighted by atomic mass is 9.82. The van der Waals surface area contributed by atoms with Crippen LogP contribution >= 0.6 is 11.6 Å². The quantitative estimate of drug-likeness (QED) is 0.818. The van der Waals surface area contributed by atoms with Gasteiger partial charge >= 0.3 is 6.09 Å².